The molecule has 1 aromatic rings. The number of carbonyl (C=O) groups is 1. The smallest absolute Gasteiger partial charge is 0.253 e. The second-order valence-electron chi connectivity index (χ2n) is 4.45. The fourth-order valence-electron chi connectivity index (χ4n) is 2.10. The van der Waals surface area contributed by atoms with Gasteiger partial charge in [0.15, 0.2) is 5.60 Å². The predicted molar refractivity (Wildman–Crippen MR) is 62.3 cm³/mol. The van der Waals surface area contributed by atoms with Crippen molar-refractivity contribution in [2.45, 2.75) is 19.1 Å². The van der Waals surface area contributed by atoms with Gasteiger partial charge in [0.25, 0.3) is 5.91 Å². The molecule has 1 fully saturated rings. The van der Waals surface area contributed by atoms with Crippen LogP contribution < -0.4 is 5.32 Å². The van der Waals surface area contributed by atoms with Gasteiger partial charge >= 0.3 is 0 Å². The van der Waals surface area contributed by atoms with Crippen LogP contribution in [0.15, 0.2) is 12.5 Å². The summed E-state index contributed by atoms with van der Waals surface area (Å²) in [6.07, 6.45) is 3.46. The first-order chi connectivity index (χ1) is 8.14. The Morgan fingerprint density at radius 2 is 2.59 bits per heavy atom. The summed E-state index contributed by atoms with van der Waals surface area (Å²) in [5, 5.41) is 2.64. The third kappa shape index (κ3) is 2.65. The van der Waals surface area contributed by atoms with Gasteiger partial charge in [-0.3, -0.25) is 9.69 Å². The van der Waals surface area contributed by atoms with Crippen LogP contribution in [0, 0.1) is 0 Å². The zero-order valence-corrected chi connectivity index (χ0v) is 10.2. The molecule has 1 aliphatic rings. The molecule has 2 N–H and O–H groups in total. The van der Waals surface area contributed by atoms with Crippen molar-refractivity contribution < 1.29 is 9.53 Å². The lowest BCUT2D eigenvalue weighted by Gasteiger charge is -2.38. The van der Waals surface area contributed by atoms with Crippen molar-refractivity contribution in [2.75, 3.05) is 26.7 Å². The molecular weight excluding hydrogens is 220 g/mol. The van der Waals surface area contributed by atoms with Crippen molar-refractivity contribution in [3.63, 3.8) is 0 Å². The van der Waals surface area contributed by atoms with Crippen molar-refractivity contribution in [2.24, 2.45) is 0 Å². The fraction of sp³-hybridized carbons (Fsp3) is 0.636. The summed E-state index contributed by atoms with van der Waals surface area (Å²) in [5.41, 5.74) is 0.290. The maximum absolute atomic E-state index is 11.8. The Kier molecular flexibility index (Phi) is 3.44. The number of ether oxygens (including phenoxy) is 1. The van der Waals surface area contributed by atoms with E-state index in [1.165, 1.54) is 0 Å². The summed E-state index contributed by atoms with van der Waals surface area (Å²) in [6.45, 7) is 4.57. The van der Waals surface area contributed by atoms with Gasteiger partial charge in [-0.1, -0.05) is 0 Å². The van der Waals surface area contributed by atoms with Gasteiger partial charge in [-0.2, -0.15) is 0 Å². The van der Waals surface area contributed by atoms with Gasteiger partial charge in [-0.15, -0.1) is 0 Å². The lowest BCUT2D eigenvalue weighted by Crippen LogP contribution is -2.57. The third-order valence-electron chi connectivity index (χ3n) is 3.01. The van der Waals surface area contributed by atoms with Crippen molar-refractivity contribution in [1.29, 1.82) is 0 Å². The van der Waals surface area contributed by atoms with Crippen LogP contribution in [0.2, 0.25) is 0 Å². The Balaban J connectivity index is 1.99. The number of likely N-dealkylation sites (N-methyl/N-ethyl adjacent to an activating group) is 1. The van der Waals surface area contributed by atoms with E-state index >= 15 is 0 Å². The minimum absolute atomic E-state index is 0.0770. The molecular formula is C11H18N4O2. The summed E-state index contributed by atoms with van der Waals surface area (Å²) in [4.78, 5) is 21.0. The van der Waals surface area contributed by atoms with E-state index in [-0.39, 0.29) is 5.91 Å². The van der Waals surface area contributed by atoms with Crippen LogP contribution >= 0.6 is 0 Å². The van der Waals surface area contributed by atoms with Crippen LogP contribution in [0.3, 0.4) is 0 Å². The largest absolute Gasteiger partial charge is 0.363 e. The van der Waals surface area contributed by atoms with Crippen LogP contribution in [0.25, 0.3) is 0 Å². The monoisotopic (exact) mass is 238 g/mol. The van der Waals surface area contributed by atoms with Crippen LogP contribution in [0.4, 0.5) is 0 Å². The Morgan fingerprint density at radius 3 is 3.24 bits per heavy atom. The quantitative estimate of drug-likeness (QED) is 0.761. The number of rotatable bonds is 3. The molecule has 1 aliphatic heterocycles. The normalized spacial score (nSPS) is 25.8. The number of H-pyrrole nitrogens is 1. The molecule has 94 valence electrons. The average Bonchev–Trinajstić information content (AvgIpc) is 2.81. The highest BCUT2D eigenvalue weighted by molar-refractivity contribution is 5.84. The molecule has 6 nitrogen and oxygen atoms in total. The number of carbonyl (C=O) groups excluding carboxylic acids is 1. The van der Waals surface area contributed by atoms with Gasteiger partial charge in [0, 0.05) is 38.6 Å². The molecule has 0 bridgehead atoms. The molecule has 0 aliphatic carbocycles. The minimum Gasteiger partial charge on any atom is -0.363 e. The topological polar surface area (TPSA) is 70.2 Å². The highest BCUT2D eigenvalue weighted by Gasteiger charge is 2.38. The predicted octanol–water partition coefficient (Wildman–Crippen LogP) is -0.253. The van der Waals surface area contributed by atoms with Gasteiger partial charge in [0.2, 0.25) is 0 Å². The molecule has 2 rings (SSSR count). The molecule has 17 heavy (non-hydrogen) atoms. The van der Waals surface area contributed by atoms with Gasteiger partial charge in [0.1, 0.15) is 0 Å². The summed E-state index contributed by atoms with van der Waals surface area (Å²) < 4.78 is 5.59. The highest BCUT2D eigenvalue weighted by Crippen LogP contribution is 2.19. The van der Waals surface area contributed by atoms with Crippen molar-refractivity contribution in [1.82, 2.24) is 20.2 Å². The molecule has 1 aromatic heterocycles. The molecule has 0 saturated carbocycles. The molecule has 1 amide bonds. The lowest BCUT2D eigenvalue weighted by molar-refractivity contribution is -0.156. The van der Waals surface area contributed by atoms with Crippen LogP contribution in [-0.2, 0) is 16.1 Å². The Labute approximate surface area is 100 Å². The number of aromatic nitrogens is 2. The maximum Gasteiger partial charge on any atom is 0.253 e. The summed E-state index contributed by atoms with van der Waals surface area (Å²) in [5.74, 6) is -0.0770. The summed E-state index contributed by atoms with van der Waals surface area (Å²) in [7, 11) is 1.63. The van der Waals surface area contributed by atoms with Gasteiger partial charge in [-0.05, 0) is 6.92 Å². The number of imidazole rings is 1. The number of amides is 1. The number of aromatic amines is 1. The second kappa shape index (κ2) is 4.85. The van der Waals surface area contributed by atoms with Crippen LogP contribution in [-0.4, -0.2) is 53.1 Å². The van der Waals surface area contributed by atoms with E-state index in [2.05, 4.69) is 20.2 Å². The number of hydrogen-bond acceptors (Lipinski definition) is 4. The minimum atomic E-state index is -0.757. The molecule has 6 heteroatoms. The van der Waals surface area contributed by atoms with Crippen molar-refractivity contribution in [3.8, 4) is 0 Å². The van der Waals surface area contributed by atoms with E-state index in [9.17, 15) is 4.79 Å². The number of hydrogen-bond donors (Lipinski definition) is 2. The van der Waals surface area contributed by atoms with Gasteiger partial charge in [0.05, 0.1) is 12.9 Å². The van der Waals surface area contributed by atoms with E-state index < -0.39 is 5.60 Å². The first-order valence-electron chi connectivity index (χ1n) is 5.70. The van der Waals surface area contributed by atoms with Crippen LogP contribution in [0.1, 0.15) is 12.6 Å². The van der Waals surface area contributed by atoms with Crippen LogP contribution in [0.5, 0.6) is 0 Å². The number of nitrogens with zero attached hydrogens (tertiary/aromatic N) is 2. The second-order valence-corrected chi connectivity index (χ2v) is 4.45. The van der Waals surface area contributed by atoms with E-state index in [1.807, 2.05) is 6.92 Å². The molecule has 1 saturated heterocycles. The number of morpholine rings is 1. The highest BCUT2D eigenvalue weighted by atomic mass is 16.5. The maximum atomic E-state index is 11.8. The summed E-state index contributed by atoms with van der Waals surface area (Å²) >= 11 is 0. The lowest BCUT2D eigenvalue weighted by atomic mass is 10.0. The SMILES string of the molecule is CNC(=O)[C@@]1(C)CN(Cc2cnc[nH]2)CCO1. The zero-order chi connectivity index (χ0) is 12.3. The fourth-order valence-corrected chi connectivity index (χ4v) is 2.10. The van der Waals surface area contributed by atoms with Gasteiger partial charge < -0.3 is 15.0 Å². The van der Waals surface area contributed by atoms with E-state index in [0.717, 1.165) is 18.8 Å². The molecule has 2 heterocycles. The van der Waals surface area contributed by atoms with E-state index in [0.29, 0.717) is 13.2 Å². The molecule has 0 unspecified atom stereocenters. The standard InChI is InChI=1S/C11H18N4O2/c1-11(10(16)12-2)7-15(3-4-17-11)6-9-5-13-8-14-9/h5,8H,3-4,6-7H2,1-2H3,(H,12,16)(H,13,14)/t11-/m1/s1. The van der Waals surface area contributed by atoms with Gasteiger partial charge in [-0.25, -0.2) is 4.98 Å². The first kappa shape index (κ1) is 12.1. The summed E-state index contributed by atoms with van der Waals surface area (Å²) in [6, 6.07) is 0. The first-order valence-corrected chi connectivity index (χ1v) is 5.70. The zero-order valence-electron chi connectivity index (χ0n) is 10.2. The number of nitrogens with one attached hydrogen (secondary N) is 2. The Bertz CT molecular complexity index is 379. The van der Waals surface area contributed by atoms with E-state index in [1.54, 1.807) is 19.6 Å². The Hall–Kier alpha value is -1.40. The van der Waals surface area contributed by atoms with E-state index in [4.69, 9.17) is 4.74 Å². The van der Waals surface area contributed by atoms with Crippen molar-refractivity contribution >= 4 is 5.91 Å². The average molecular weight is 238 g/mol. The molecule has 1 atom stereocenters. The Morgan fingerprint density at radius 1 is 1.76 bits per heavy atom. The third-order valence-corrected chi connectivity index (χ3v) is 3.01. The van der Waals surface area contributed by atoms with Crippen molar-refractivity contribution in [3.05, 3.63) is 18.2 Å². The molecule has 0 aromatic carbocycles. The molecule has 0 radical (unpaired) electrons. The molecule has 0 spiro atoms.